The van der Waals surface area contributed by atoms with Crippen molar-refractivity contribution in [1.29, 1.82) is 0 Å². The predicted molar refractivity (Wildman–Crippen MR) is 119 cm³/mol. The Balaban J connectivity index is 1.30. The first kappa shape index (κ1) is 19.6. The fraction of sp³-hybridized carbons (Fsp3) is 0.250. The quantitative estimate of drug-likeness (QED) is 0.644. The van der Waals surface area contributed by atoms with Gasteiger partial charge in [-0.2, -0.15) is 0 Å². The van der Waals surface area contributed by atoms with Crippen LogP contribution in [0.25, 0.3) is 0 Å². The van der Waals surface area contributed by atoms with Crippen LogP contribution in [0.5, 0.6) is 11.5 Å². The van der Waals surface area contributed by atoms with Crippen LogP contribution in [0.4, 0.5) is 5.69 Å². The average molecular weight is 435 g/mol. The second kappa shape index (κ2) is 8.43. The van der Waals surface area contributed by atoms with Gasteiger partial charge in [0.05, 0.1) is 10.9 Å². The van der Waals surface area contributed by atoms with Crippen molar-refractivity contribution in [3.8, 4) is 11.5 Å². The molecule has 0 bridgehead atoms. The number of carbonyl (C=O) groups is 2. The number of rotatable bonds is 4. The van der Waals surface area contributed by atoms with Gasteiger partial charge in [0.1, 0.15) is 13.2 Å². The summed E-state index contributed by atoms with van der Waals surface area (Å²) in [6.45, 7) is 1.82. The first-order valence-corrected chi connectivity index (χ1v) is 11.2. The Hall–Kier alpha value is -3.32. The number of hydrogen-bond acceptors (Lipinski definition) is 5. The summed E-state index contributed by atoms with van der Waals surface area (Å²) >= 11 is 1.39. The van der Waals surface area contributed by atoms with Crippen molar-refractivity contribution < 1.29 is 19.1 Å². The molecule has 0 aliphatic carbocycles. The van der Waals surface area contributed by atoms with Crippen LogP contribution in [0.1, 0.15) is 44.5 Å². The van der Waals surface area contributed by atoms with E-state index in [0.29, 0.717) is 29.3 Å². The molecule has 0 spiro atoms. The summed E-state index contributed by atoms with van der Waals surface area (Å²) in [6.07, 6.45) is 1.88. The van der Waals surface area contributed by atoms with Gasteiger partial charge in [0.25, 0.3) is 11.8 Å². The first-order chi connectivity index (χ1) is 15.2. The minimum absolute atomic E-state index is 0.00600. The van der Waals surface area contributed by atoms with Crippen LogP contribution in [0.3, 0.4) is 0 Å². The molecule has 158 valence electrons. The lowest BCUT2D eigenvalue weighted by molar-refractivity contribution is 0.0735. The molecule has 0 saturated carbocycles. The van der Waals surface area contributed by atoms with Crippen LogP contribution < -0.4 is 14.8 Å². The molecule has 1 atom stereocenters. The number of hydrogen-bond donors (Lipinski definition) is 1. The molecule has 1 aromatic heterocycles. The van der Waals surface area contributed by atoms with E-state index in [0.717, 1.165) is 36.4 Å². The topological polar surface area (TPSA) is 67.9 Å². The lowest BCUT2D eigenvalue weighted by Gasteiger charge is -2.27. The fourth-order valence-electron chi connectivity index (χ4n) is 4.09. The standard InChI is InChI=1S/C24H22N2O4S/c27-23(22-4-2-14-31-22)25-18-8-5-16(6-9-18)24(28)26-11-1-3-19(26)17-7-10-20-21(15-17)30-13-12-29-20/h2,4-10,14-15,19H,1,3,11-13H2,(H,25,27). The zero-order valence-electron chi connectivity index (χ0n) is 16.9. The Morgan fingerprint density at radius 3 is 2.58 bits per heavy atom. The zero-order valence-corrected chi connectivity index (χ0v) is 17.7. The third-order valence-corrected chi connectivity index (χ3v) is 6.47. The Bertz CT molecular complexity index is 1100. The van der Waals surface area contributed by atoms with Crippen molar-refractivity contribution in [1.82, 2.24) is 4.90 Å². The Kier molecular flexibility index (Phi) is 5.34. The van der Waals surface area contributed by atoms with Gasteiger partial charge in [-0.25, -0.2) is 0 Å². The van der Waals surface area contributed by atoms with Crippen molar-refractivity contribution in [3.63, 3.8) is 0 Å². The summed E-state index contributed by atoms with van der Waals surface area (Å²) in [5.41, 5.74) is 2.34. The summed E-state index contributed by atoms with van der Waals surface area (Å²) in [5.74, 6) is 1.35. The van der Waals surface area contributed by atoms with E-state index < -0.39 is 0 Å². The second-order valence-corrected chi connectivity index (χ2v) is 8.52. The number of nitrogens with zero attached hydrogens (tertiary/aromatic N) is 1. The van der Waals surface area contributed by atoms with E-state index >= 15 is 0 Å². The number of nitrogens with one attached hydrogen (secondary N) is 1. The summed E-state index contributed by atoms with van der Waals surface area (Å²) in [4.78, 5) is 28.0. The molecule has 3 heterocycles. The molecule has 6 nitrogen and oxygen atoms in total. The molecule has 1 saturated heterocycles. The van der Waals surface area contributed by atoms with Crippen LogP contribution >= 0.6 is 11.3 Å². The molecule has 31 heavy (non-hydrogen) atoms. The normalized spacial score (nSPS) is 17.4. The maximum atomic E-state index is 13.2. The van der Waals surface area contributed by atoms with E-state index in [2.05, 4.69) is 5.32 Å². The highest BCUT2D eigenvalue weighted by Gasteiger charge is 2.31. The van der Waals surface area contributed by atoms with Crippen LogP contribution in [-0.2, 0) is 0 Å². The Morgan fingerprint density at radius 2 is 1.81 bits per heavy atom. The summed E-state index contributed by atoms with van der Waals surface area (Å²) in [5, 5.41) is 4.73. The molecule has 2 amide bonds. The van der Waals surface area contributed by atoms with Crippen molar-refractivity contribution in [2.24, 2.45) is 0 Å². The largest absolute Gasteiger partial charge is 0.486 e. The van der Waals surface area contributed by atoms with E-state index in [1.165, 1.54) is 11.3 Å². The lowest BCUT2D eigenvalue weighted by Crippen LogP contribution is -2.30. The molecule has 1 N–H and O–H groups in total. The van der Waals surface area contributed by atoms with Gasteiger partial charge in [-0.15, -0.1) is 11.3 Å². The highest BCUT2D eigenvalue weighted by molar-refractivity contribution is 7.12. The van der Waals surface area contributed by atoms with Gasteiger partial charge in [0, 0.05) is 17.8 Å². The van der Waals surface area contributed by atoms with E-state index in [-0.39, 0.29) is 17.9 Å². The third kappa shape index (κ3) is 4.01. The number of carbonyl (C=O) groups excluding carboxylic acids is 2. The zero-order chi connectivity index (χ0) is 21.2. The maximum Gasteiger partial charge on any atom is 0.265 e. The van der Waals surface area contributed by atoms with E-state index in [4.69, 9.17) is 9.47 Å². The van der Waals surface area contributed by atoms with Gasteiger partial charge in [0.15, 0.2) is 11.5 Å². The number of fused-ring (bicyclic) bond motifs is 1. The molecule has 3 aromatic rings. The summed E-state index contributed by atoms with van der Waals surface area (Å²) < 4.78 is 11.3. The van der Waals surface area contributed by atoms with Crippen LogP contribution in [0.15, 0.2) is 60.0 Å². The van der Waals surface area contributed by atoms with Crippen molar-refractivity contribution in [2.45, 2.75) is 18.9 Å². The predicted octanol–water partition coefficient (Wildman–Crippen LogP) is 4.75. The molecule has 7 heteroatoms. The van der Waals surface area contributed by atoms with Crippen LogP contribution in [0, 0.1) is 0 Å². The Morgan fingerprint density at radius 1 is 1.00 bits per heavy atom. The highest BCUT2D eigenvalue weighted by atomic mass is 32.1. The number of thiophene rings is 1. The first-order valence-electron chi connectivity index (χ1n) is 10.3. The average Bonchev–Trinajstić information content (AvgIpc) is 3.51. The molecule has 2 aliphatic heterocycles. The third-order valence-electron chi connectivity index (χ3n) is 5.60. The van der Waals surface area contributed by atoms with E-state index in [1.807, 2.05) is 34.5 Å². The van der Waals surface area contributed by atoms with Crippen molar-refractivity contribution >= 4 is 28.8 Å². The van der Waals surface area contributed by atoms with Gasteiger partial charge in [0.2, 0.25) is 0 Å². The fourth-order valence-corrected chi connectivity index (χ4v) is 4.70. The smallest absolute Gasteiger partial charge is 0.265 e. The minimum atomic E-state index is -0.146. The molecule has 1 unspecified atom stereocenters. The van der Waals surface area contributed by atoms with Gasteiger partial charge in [-0.3, -0.25) is 9.59 Å². The SMILES string of the molecule is O=C(Nc1ccc(C(=O)N2CCCC2c2ccc3c(c2)OCCO3)cc1)c1cccs1. The van der Waals surface area contributed by atoms with Gasteiger partial charge < -0.3 is 19.7 Å². The number of anilines is 1. The molecular formula is C24H22N2O4S. The number of amides is 2. The molecule has 0 radical (unpaired) electrons. The van der Waals surface area contributed by atoms with E-state index in [1.54, 1.807) is 30.3 Å². The van der Waals surface area contributed by atoms with E-state index in [9.17, 15) is 9.59 Å². The highest BCUT2D eigenvalue weighted by Crippen LogP contribution is 2.38. The van der Waals surface area contributed by atoms with Crippen molar-refractivity contribution in [2.75, 3.05) is 25.1 Å². The number of ether oxygens (including phenoxy) is 2. The van der Waals surface area contributed by atoms with Crippen LogP contribution in [-0.4, -0.2) is 36.5 Å². The summed E-state index contributed by atoms with van der Waals surface area (Å²) in [6, 6.07) is 16.7. The molecule has 1 fully saturated rings. The minimum Gasteiger partial charge on any atom is -0.486 e. The monoisotopic (exact) mass is 434 g/mol. The number of likely N-dealkylation sites (tertiary alicyclic amines) is 1. The number of benzene rings is 2. The maximum absolute atomic E-state index is 13.2. The second-order valence-electron chi connectivity index (χ2n) is 7.57. The van der Waals surface area contributed by atoms with Crippen LogP contribution in [0.2, 0.25) is 0 Å². The van der Waals surface area contributed by atoms with Gasteiger partial charge in [-0.1, -0.05) is 12.1 Å². The van der Waals surface area contributed by atoms with Crippen molar-refractivity contribution in [3.05, 3.63) is 76.0 Å². The molecular weight excluding hydrogens is 412 g/mol. The van der Waals surface area contributed by atoms with Gasteiger partial charge in [-0.05, 0) is 66.2 Å². The molecule has 2 aliphatic rings. The van der Waals surface area contributed by atoms with Gasteiger partial charge >= 0.3 is 0 Å². The lowest BCUT2D eigenvalue weighted by atomic mass is 10.0. The molecule has 2 aromatic carbocycles. The Labute approximate surface area is 184 Å². The summed E-state index contributed by atoms with van der Waals surface area (Å²) in [7, 11) is 0. The molecule has 5 rings (SSSR count).